The van der Waals surface area contributed by atoms with Gasteiger partial charge in [0.25, 0.3) is 0 Å². The number of aliphatic hydroxyl groups is 1. The number of carbonyl (C=O) groups is 1. The Morgan fingerprint density at radius 3 is 2.75 bits per heavy atom. The number of nitrogens with two attached hydrogens (primary N) is 1. The van der Waals surface area contributed by atoms with E-state index in [2.05, 4.69) is 5.32 Å². The van der Waals surface area contributed by atoms with E-state index >= 15 is 0 Å². The normalized spacial score (nSPS) is 17.1. The highest BCUT2D eigenvalue weighted by molar-refractivity contribution is 5.75. The van der Waals surface area contributed by atoms with Crippen LogP contribution >= 0.6 is 0 Å². The zero-order valence-corrected chi connectivity index (χ0v) is 11.3. The number of rotatable bonds is 5. The Morgan fingerprint density at radius 2 is 2.15 bits per heavy atom. The lowest BCUT2D eigenvalue weighted by atomic mass is 10.0. The molecule has 1 aromatic carbocycles. The van der Waals surface area contributed by atoms with Crippen LogP contribution in [0.5, 0.6) is 0 Å². The average molecular weight is 281 g/mol. The molecule has 0 aromatic heterocycles. The summed E-state index contributed by atoms with van der Waals surface area (Å²) in [5.74, 6) is -0.659. The first-order valence-corrected chi connectivity index (χ1v) is 6.75. The van der Waals surface area contributed by atoms with Gasteiger partial charge < -0.3 is 16.2 Å². The Kier molecular flexibility index (Phi) is 4.92. The molecule has 0 spiro atoms. The second kappa shape index (κ2) is 6.67. The van der Waals surface area contributed by atoms with Crippen molar-refractivity contribution in [3.8, 4) is 0 Å². The number of likely N-dealkylation sites (tertiary alicyclic amines) is 1. The first-order valence-electron chi connectivity index (χ1n) is 6.75. The van der Waals surface area contributed by atoms with Crippen molar-refractivity contribution in [3.05, 3.63) is 29.6 Å². The van der Waals surface area contributed by atoms with E-state index in [-0.39, 0.29) is 24.4 Å². The summed E-state index contributed by atoms with van der Waals surface area (Å²) in [6.07, 6.45) is 1.77. The van der Waals surface area contributed by atoms with E-state index in [1.807, 2.05) is 4.90 Å². The molecule has 1 heterocycles. The smallest absolute Gasteiger partial charge is 0.231 e. The summed E-state index contributed by atoms with van der Waals surface area (Å²) in [6, 6.07) is 4.63. The summed E-state index contributed by atoms with van der Waals surface area (Å²) in [5.41, 5.74) is 6.50. The van der Waals surface area contributed by atoms with E-state index < -0.39 is 0 Å². The molecule has 1 aliphatic rings. The number of nitrogens with one attached hydrogen (secondary N) is 1. The van der Waals surface area contributed by atoms with Gasteiger partial charge in [-0.15, -0.1) is 0 Å². The Balaban J connectivity index is 1.91. The summed E-state index contributed by atoms with van der Waals surface area (Å²) in [6.45, 7) is 1.71. The molecule has 1 fully saturated rings. The van der Waals surface area contributed by atoms with Gasteiger partial charge in [-0.3, -0.25) is 9.69 Å². The maximum absolute atomic E-state index is 13.1. The third-order valence-electron chi connectivity index (χ3n) is 3.56. The van der Waals surface area contributed by atoms with Gasteiger partial charge >= 0.3 is 0 Å². The van der Waals surface area contributed by atoms with Crippen LogP contribution in [0.2, 0.25) is 0 Å². The second-order valence-electron chi connectivity index (χ2n) is 5.12. The van der Waals surface area contributed by atoms with E-state index in [0.717, 1.165) is 31.6 Å². The Hall–Kier alpha value is -1.66. The first-order chi connectivity index (χ1) is 9.58. The first kappa shape index (κ1) is 14.7. The third-order valence-corrected chi connectivity index (χ3v) is 3.56. The average Bonchev–Trinajstić information content (AvgIpc) is 2.42. The maximum Gasteiger partial charge on any atom is 0.231 e. The van der Waals surface area contributed by atoms with Gasteiger partial charge in [0.2, 0.25) is 5.91 Å². The second-order valence-corrected chi connectivity index (χ2v) is 5.12. The van der Waals surface area contributed by atoms with Crippen molar-refractivity contribution in [1.29, 1.82) is 0 Å². The minimum Gasteiger partial charge on any atom is -0.392 e. The van der Waals surface area contributed by atoms with Crippen molar-refractivity contribution in [2.24, 2.45) is 5.73 Å². The van der Waals surface area contributed by atoms with Crippen molar-refractivity contribution in [1.82, 2.24) is 4.90 Å². The van der Waals surface area contributed by atoms with Crippen LogP contribution in [0.25, 0.3) is 0 Å². The highest BCUT2D eigenvalue weighted by atomic mass is 19.1. The fraction of sp³-hybridized carbons (Fsp3) is 0.500. The lowest BCUT2D eigenvalue weighted by molar-refractivity contribution is -0.119. The van der Waals surface area contributed by atoms with Gasteiger partial charge in [-0.2, -0.15) is 0 Å². The molecule has 5 nitrogen and oxygen atoms in total. The molecule has 0 atom stereocenters. The highest BCUT2D eigenvalue weighted by Gasteiger charge is 2.20. The third kappa shape index (κ3) is 3.91. The van der Waals surface area contributed by atoms with Gasteiger partial charge in [0, 0.05) is 30.4 Å². The van der Waals surface area contributed by atoms with Crippen LogP contribution in [-0.2, 0) is 11.4 Å². The van der Waals surface area contributed by atoms with Gasteiger partial charge in [-0.1, -0.05) is 0 Å². The van der Waals surface area contributed by atoms with Crippen molar-refractivity contribution in [3.63, 3.8) is 0 Å². The standard InChI is InChI=1S/C14H20FN3O2/c15-11-1-2-13(10(7-11)9-19)17-12-3-5-18(6-4-12)8-14(16)20/h1-2,7,12,17,19H,3-6,8-9H2,(H2,16,20). The SMILES string of the molecule is NC(=O)CN1CCC(Nc2ccc(F)cc2CO)CC1. The number of piperidine rings is 1. The minimum absolute atomic E-state index is 0.194. The molecule has 0 saturated carbocycles. The summed E-state index contributed by atoms with van der Waals surface area (Å²) in [4.78, 5) is 12.9. The Bertz CT molecular complexity index is 473. The molecule has 6 heteroatoms. The number of halogens is 1. The molecule has 1 aromatic rings. The highest BCUT2D eigenvalue weighted by Crippen LogP contribution is 2.21. The number of benzene rings is 1. The molecule has 4 N–H and O–H groups in total. The molecular weight excluding hydrogens is 261 g/mol. The van der Waals surface area contributed by atoms with Crippen LogP contribution in [0, 0.1) is 5.82 Å². The van der Waals surface area contributed by atoms with E-state index in [1.165, 1.54) is 12.1 Å². The Morgan fingerprint density at radius 1 is 1.45 bits per heavy atom. The number of hydrogen-bond acceptors (Lipinski definition) is 4. The molecule has 2 rings (SSSR count). The zero-order valence-electron chi connectivity index (χ0n) is 11.3. The van der Waals surface area contributed by atoms with Gasteiger partial charge in [0.15, 0.2) is 0 Å². The van der Waals surface area contributed by atoms with Crippen LogP contribution < -0.4 is 11.1 Å². The molecule has 1 saturated heterocycles. The number of hydrogen-bond donors (Lipinski definition) is 3. The van der Waals surface area contributed by atoms with Crippen LogP contribution in [-0.4, -0.2) is 41.6 Å². The lowest BCUT2D eigenvalue weighted by Crippen LogP contribution is -2.43. The van der Waals surface area contributed by atoms with Crippen molar-refractivity contribution in [2.45, 2.75) is 25.5 Å². The van der Waals surface area contributed by atoms with Crippen molar-refractivity contribution >= 4 is 11.6 Å². The topological polar surface area (TPSA) is 78.6 Å². The van der Waals surface area contributed by atoms with Crippen LogP contribution in [0.1, 0.15) is 18.4 Å². The summed E-state index contributed by atoms with van der Waals surface area (Å²) in [5, 5.41) is 12.6. The number of nitrogens with zero attached hydrogens (tertiary/aromatic N) is 1. The lowest BCUT2D eigenvalue weighted by Gasteiger charge is -2.32. The fourth-order valence-corrected chi connectivity index (χ4v) is 2.51. The molecule has 1 amide bonds. The predicted octanol–water partition coefficient (Wildman–Crippen LogP) is 0.680. The summed E-state index contributed by atoms with van der Waals surface area (Å²) >= 11 is 0. The molecule has 20 heavy (non-hydrogen) atoms. The largest absolute Gasteiger partial charge is 0.392 e. The van der Waals surface area contributed by atoms with Crippen molar-refractivity contribution in [2.75, 3.05) is 25.0 Å². The van der Waals surface area contributed by atoms with E-state index in [4.69, 9.17) is 5.73 Å². The van der Waals surface area contributed by atoms with Gasteiger partial charge in [-0.05, 0) is 31.0 Å². The fourth-order valence-electron chi connectivity index (χ4n) is 2.51. The molecule has 0 unspecified atom stereocenters. The molecular formula is C14H20FN3O2. The summed E-state index contributed by atoms with van der Waals surface area (Å²) < 4.78 is 13.1. The van der Waals surface area contributed by atoms with E-state index in [9.17, 15) is 14.3 Å². The molecule has 0 bridgehead atoms. The van der Waals surface area contributed by atoms with E-state index in [1.54, 1.807) is 6.07 Å². The Labute approximate surface area is 117 Å². The van der Waals surface area contributed by atoms with Crippen LogP contribution in [0.15, 0.2) is 18.2 Å². The molecule has 0 aliphatic carbocycles. The predicted molar refractivity (Wildman–Crippen MR) is 74.6 cm³/mol. The monoisotopic (exact) mass is 281 g/mol. The molecule has 0 radical (unpaired) electrons. The number of primary amides is 1. The number of amides is 1. The summed E-state index contributed by atoms with van der Waals surface area (Å²) in [7, 11) is 0. The maximum atomic E-state index is 13.1. The molecule has 110 valence electrons. The van der Waals surface area contributed by atoms with E-state index in [0.29, 0.717) is 12.1 Å². The van der Waals surface area contributed by atoms with Crippen LogP contribution in [0.4, 0.5) is 10.1 Å². The number of aliphatic hydroxyl groups excluding tert-OH is 1. The zero-order chi connectivity index (χ0) is 14.5. The quantitative estimate of drug-likeness (QED) is 0.741. The van der Waals surface area contributed by atoms with Crippen LogP contribution in [0.3, 0.4) is 0 Å². The number of anilines is 1. The van der Waals surface area contributed by atoms with Crippen molar-refractivity contribution < 1.29 is 14.3 Å². The van der Waals surface area contributed by atoms with Gasteiger partial charge in [-0.25, -0.2) is 4.39 Å². The number of carbonyl (C=O) groups excluding carboxylic acids is 1. The van der Waals surface area contributed by atoms with Gasteiger partial charge in [0.05, 0.1) is 13.2 Å². The molecule has 1 aliphatic heterocycles. The minimum atomic E-state index is -0.351. The van der Waals surface area contributed by atoms with Gasteiger partial charge in [0.1, 0.15) is 5.82 Å².